The van der Waals surface area contributed by atoms with Gasteiger partial charge in [0.1, 0.15) is 17.8 Å². The molecule has 0 spiro atoms. The van der Waals surface area contributed by atoms with Gasteiger partial charge in [-0.15, -0.1) is 0 Å². The Hall–Kier alpha value is -2.61. The minimum atomic E-state index is 0.320. The number of nitriles is 1. The highest BCUT2D eigenvalue weighted by molar-refractivity contribution is 5.52. The summed E-state index contributed by atoms with van der Waals surface area (Å²) < 4.78 is 5.68. The van der Waals surface area contributed by atoms with Crippen molar-refractivity contribution in [2.45, 2.75) is 13.8 Å². The first-order valence-corrected chi connectivity index (χ1v) is 5.36. The maximum atomic E-state index is 8.88. The molecule has 1 aromatic heterocycles. The molecule has 0 aliphatic carbocycles. The lowest BCUT2D eigenvalue weighted by Gasteiger charge is -2.12. The second-order valence-electron chi connectivity index (χ2n) is 3.94. The van der Waals surface area contributed by atoms with Crippen molar-refractivity contribution in [1.29, 1.82) is 5.26 Å². The summed E-state index contributed by atoms with van der Waals surface area (Å²) in [6.45, 7) is 3.75. The minimum absolute atomic E-state index is 0.320. The van der Waals surface area contributed by atoms with Gasteiger partial charge in [-0.05, 0) is 37.1 Å². The van der Waals surface area contributed by atoms with E-state index in [-0.39, 0.29) is 0 Å². The van der Waals surface area contributed by atoms with E-state index in [1.807, 2.05) is 13.8 Å². The Morgan fingerprint density at radius 3 is 2.50 bits per heavy atom. The number of nitrogen functional groups attached to an aromatic ring is 1. The Balaban J connectivity index is 2.42. The highest BCUT2D eigenvalue weighted by Gasteiger charge is 2.10. The van der Waals surface area contributed by atoms with Gasteiger partial charge in [-0.1, -0.05) is 0 Å². The number of nitrogens with two attached hydrogens (primary N) is 1. The number of hydrogen-bond acceptors (Lipinski definition) is 5. The average molecular weight is 240 g/mol. The minimum Gasteiger partial charge on any atom is -0.436 e. The van der Waals surface area contributed by atoms with E-state index in [9.17, 15) is 0 Å². The summed E-state index contributed by atoms with van der Waals surface area (Å²) >= 11 is 0. The first-order chi connectivity index (χ1) is 8.61. The molecule has 2 rings (SSSR count). The van der Waals surface area contributed by atoms with Gasteiger partial charge in [0, 0.05) is 0 Å². The van der Waals surface area contributed by atoms with Gasteiger partial charge in [0.25, 0.3) is 0 Å². The molecule has 18 heavy (non-hydrogen) atoms. The molecule has 1 heterocycles. The van der Waals surface area contributed by atoms with Gasteiger partial charge in [-0.25, -0.2) is 4.98 Å². The van der Waals surface area contributed by atoms with Crippen LogP contribution in [0, 0.1) is 25.2 Å². The van der Waals surface area contributed by atoms with Gasteiger partial charge in [0.05, 0.1) is 17.8 Å². The lowest BCUT2D eigenvalue weighted by molar-refractivity contribution is 0.457. The Morgan fingerprint density at radius 2 is 1.94 bits per heavy atom. The molecule has 2 N–H and O–H groups in total. The zero-order valence-electron chi connectivity index (χ0n) is 10.1. The highest BCUT2D eigenvalue weighted by atomic mass is 16.5. The first kappa shape index (κ1) is 11.9. The summed E-state index contributed by atoms with van der Waals surface area (Å²) in [5.74, 6) is 0.986. The fourth-order valence-corrected chi connectivity index (χ4v) is 1.69. The van der Waals surface area contributed by atoms with Gasteiger partial charge in [0.2, 0.25) is 5.88 Å². The van der Waals surface area contributed by atoms with Crippen LogP contribution in [0.1, 0.15) is 16.7 Å². The number of anilines is 1. The van der Waals surface area contributed by atoms with Crippen LogP contribution in [0.15, 0.2) is 24.7 Å². The van der Waals surface area contributed by atoms with E-state index < -0.39 is 0 Å². The van der Waals surface area contributed by atoms with Crippen LogP contribution in [0.2, 0.25) is 0 Å². The maximum absolute atomic E-state index is 8.88. The molecule has 0 amide bonds. The smallest absolute Gasteiger partial charge is 0.245 e. The first-order valence-electron chi connectivity index (χ1n) is 5.36. The number of benzene rings is 1. The van der Waals surface area contributed by atoms with E-state index in [1.165, 1.54) is 12.5 Å². The van der Waals surface area contributed by atoms with Crippen molar-refractivity contribution in [2.75, 3.05) is 5.73 Å². The quantitative estimate of drug-likeness (QED) is 0.870. The molecule has 90 valence electrons. The average Bonchev–Trinajstić information content (AvgIpc) is 2.35. The summed E-state index contributed by atoms with van der Waals surface area (Å²) in [5.41, 5.74) is 8.43. The van der Waals surface area contributed by atoms with Crippen LogP contribution in [0.3, 0.4) is 0 Å². The largest absolute Gasteiger partial charge is 0.436 e. The van der Waals surface area contributed by atoms with Crippen molar-refractivity contribution in [2.24, 2.45) is 0 Å². The van der Waals surface area contributed by atoms with E-state index >= 15 is 0 Å². The van der Waals surface area contributed by atoms with Crippen LogP contribution in [0.4, 0.5) is 5.69 Å². The third-order valence-corrected chi connectivity index (χ3v) is 2.49. The Bertz CT molecular complexity index is 608. The van der Waals surface area contributed by atoms with Crippen molar-refractivity contribution >= 4 is 5.69 Å². The molecule has 0 saturated carbocycles. The van der Waals surface area contributed by atoms with Crippen LogP contribution < -0.4 is 10.5 Å². The van der Waals surface area contributed by atoms with Crippen LogP contribution in [0.25, 0.3) is 0 Å². The fourth-order valence-electron chi connectivity index (χ4n) is 1.69. The summed E-state index contributed by atoms with van der Waals surface area (Å²) in [5, 5.41) is 8.88. The van der Waals surface area contributed by atoms with Crippen LogP contribution in [0.5, 0.6) is 11.6 Å². The molecule has 0 atom stereocenters. The second kappa shape index (κ2) is 4.72. The molecule has 0 fully saturated rings. The summed E-state index contributed by atoms with van der Waals surface area (Å²) in [6, 6.07) is 5.63. The molecular formula is C13H12N4O. The highest BCUT2D eigenvalue weighted by Crippen LogP contribution is 2.30. The van der Waals surface area contributed by atoms with Gasteiger partial charge in [-0.2, -0.15) is 10.2 Å². The molecule has 0 saturated heterocycles. The number of aryl methyl sites for hydroxylation is 2. The van der Waals surface area contributed by atoms with Crippen LogP contribution in [-0.4, -0.2) is 9.97 Å². The predicted molar refractivity (Wildman–Crippen MR) is 67.1 cm³/mol. The molecule has 0 radical (unpaired) electrons. The Kier molecular flexibility index (Phi) is 3.11. The molecule has 5 heteroatoms. The Morgan fingerprint density at radius 1 is 1.28 bits per heavy atom. The van der Waals surface area contributed by atoms with E-state index in [0.717, 1.165) is 11.1 Å². The SMILES string of the molecule is Cc1cc(C#N)cc(C)c1Oc1ncncc1N. The Labute approximate surface area is 105 Å². The molecule has 2 aromatic rings. The van der Waals surface area contributed by atoms with Crippen molar-refractivity contribution in [3.8, 4) is 17.7 Å². The molecule has 5 nitrogen and oxygen atoms in total. The normalized spacial score (nSPS) is 9.83. The standard InChI is InChI=1S/C13H12N4O/c1-8-3-10(5-14)4-9(2)12(8)18-13-11(15)6-16-7-17-13/h3-4,6-7H,15H2,1-2H3. The van der Waals surface area contributed by atoms with Gasteiger partial charge in [0.15, 0.2) is 0 Å². The van der Waals surface area contributed by atoms with E-state index in [1.54, 1.807) is 12.1 Å². The van der Waals surface area contributed by atoms with E-state index in [4.69, 9.17) is 15.7 Å². The second-order valence-corrected chi connectivity index (χ2v) is 3.94. The van der Waals surface area contributed by atoms with E-state index in [2.05, 4.69) is 16.0 Å². The van der Waals surface area contributed by atoms with Crippen LogP contribution >= 0.6 is 0 Å². The summed E-state index contributed by atoms with van der Waals surface area (Å²) in [6.07, 6.45) is 2.86. The predicted octanol–water partition coefficient (Wildman–Crippen LogP) is 2.34. The topological polar surface area (TPSA) is 84.8 Å². The van der Waals surface area contributed by atoms with Crippen molar-refractivity contribution in [1.82, 2.24) is 9.97 Å². The zero-order chi connectivity index (χ0) is 13.1. The molecule has 0 bridgehead atoms. The monoisotopic (exact) mass is 240 g/mol. The molecular weight excluding hydrogens is 228 g/mol. The zero-order valence-corrected chi connectivity index (χ0v) is 10.1. The van der Waals surface area contributed by atoms with E-state index in [0.29, 0.717) is 22.9 Å². The van der Waals surface area contributed by atoms with Gasteiger partial charge >= 0.3 is 0 Å². The molecule has 0 unspecified atom stereocenters. The van der Waals surface area contributed by atoms with Crippen molar-refractivity contribution in [3.05, 3.63) is 41.3 Å². The number of aromatic nitrogens is 2. The van der Waals surface area contributed by atoms with Crippen molar-refractivity contribution < 1.29 is 4.74 Å². The maximum Gasteiger partial charge on any atom is 0.245 e. The number of ether oxygens (including phenoxy) is 1. The molecule has 0 aliphatic heterocycles. The molecule has 0 aliphatic rings. The number of hydrogen-bond donors (Lipinski definition) is 1. The number of rotatable bonds is 2. The van der Waals surface area contributed by atoms with Crippen LogP contribution in [-0.2, 0) is 0 Å². The van der Waals surface area contributed by atoms with Crippen molar-refractivity contribution in [3.63, 3.8) is 0 Å². The third kappa shape index (κ3) is 2.23. The number of nitrogens with zero attached hydrogens (tertiary/aromatic N) is 3. The summed E-state index contributed by atoms with van der Waals surface area (Å²) in [7, 11) is 0. The van der Waals surface area contributed by atoms with Gasteiger partial charge < -0.3 is 10.5 Å². The summed E-state index contributed by atoms with van der Waals surface area (Å²) in [4.78, 5) is 7.77. The fraction of sp³-hybridized carbons (Fsp3) is 0.154. The molecule has 1 aromatic carbocycles. The lowest BCUT2D eigenvalue weighted by atomic mass is 10.1. The van der Waals surface area contributed by atoms with Gasteiger partial charge in [-0.3, -0.25) is 0 Å². The third-order valence-electron chi connectivity index (χ3n) is 2.49. The lowest BCUT2D eigenvalue weighted by Crippen LogP contribution is -1.98.